The number of carboxylic acids is 1. The Hall–Kier alpha value is -0.940. The molecule has 1 N–H and O–H groups in total. The fourth-order valence-corrected chi connectivity index (χ4v) is 3.39. The van der Waals surface area contributed by atoms with Crippen molar-refractivity contribution in [2.75, 3.05) is 18.8 Å². The molecule has 1 fully saturated rings. The molecule has 4 nitrogen and oxygen atoms in total. The number of hydrogen-bond donors (Lipinski definition) is 1. The van der Waals surface area contributed by atoms with Crippen LogP contribution in [0.2, 0.25) is 0 Å². The molecule has 1 unspecified atom stereocenters. The first-order valence-electron chi connectivity index (χ1n) is 6.10. The summed E-state index contributed by atoms with van der Waals surface area (Å²) in [5.41, 5.74) is 0. The molecule has 0 aromatic carbocycles. The number of nitrogens with zero attached hydrogens (tertiary/aromatic N) is 1. The number of aromatic carboxylic acids is 1. The van der Waals surface area contributed by atoms with Gasteiger partial charge in [-0.15, -0.1) is 0 Å². The van der Waals surface area contributed by atoms with E-state index in [4.69, 9.17) is 9.52 Å². The van der Waals surface area contributed by atoms with Crippen molar-refractivity contribution in [2.24, 2.45) is 0 Å². The summed E-state index contributed by atoms with van der Waals surface area (Å²) >= 11 is 1.98. The van der Waals surface area contributed by atoms with Crippen molar-refractivity contribution in [1.82, 2.24) is 4.90 Å². The molecule has 1 atom stereocenters. The van der Waals surface area contributed by atoms with Crippen LogP contribution in [0.4, 0.5) is 0 Å². The second-order valence-corrected chi connectivity index (χ2v) is 7.06. The molecule has 0 spiro atoms. The lowest BCUT2D eigenvalue weighted by molar-refractivity contribution is 0.0655. The minimum absolute atomic E-state index is 0.0162. The largest absolute Gasteiger partial charge is 0.475 e. The third-order valence-electron chi connectivity index (χ3n) is 3.25. The van der Waals surface area contributed by atoms with Crippen LogP contribution in [0.25, 0.3) is 0 Å². The van der Waals surface area contributed by atoms with Gasteiger partial charge in [-0.05, 0) is 32.9 Å². The van der Waals surface area contributed by atoms with Crippen LogP contribution < -0.4 is 0 Å². The van der Waals surface area contributed by atoms with Crippen molar-refractivity contribution in [3.63, 3.8) is 0 Å². The molecule has 1 aliphatic heterocycles. The fourth-order valence-electron chi connectivity index (χ4n) is 2.26. The average Bonchev–Trinajstić information content (AvgIpc) is 2.76. The van der Waals surface area contributed by atoms with Crippen LogP contribution in [0, 0.1) is 0 Å². The Morgan fingerprint density at radius 2 is 2.28 bits per heavy atom. The molecule has 0 bridgehead atoms. The van der Waals surface area contributed by atoms with E-state index < -0.39 is 5.97 Å². The Labute approximate surface area is 111 Å². The van der Waals surface area contributed by atoms with Crippen molar-refractivity contribution in [1.29, 1.82) is 0 Å². The van der Waals surface area contributed by atoms with Gasteiger partial charge >= 0.3 is 5.97 Å². The lowest BCUT2D eigenvalue weighted by Gasteiger charge is -2.40. The summed E-state index contributed by atoms with van der Waals surface area (Å²) in [5, 5.41) is 8.86. The van der Waals surface area contributed by atoms with Gasteiger partial charge in [0, 0.05) is 23.6 Å². The highest BCUT2D eigenvalue weighted by atomic mass is 32.2. The van der Waals surface area contributed by atoms with Crippen LogP contribution in [0.15, 0.2) is 16.5 Å². The molecule has 2 rings (SSSR count). The Morgan fingerprint density at radius 1 is 1.56 bits per heavy atom. The van der Waals surface area contributed by atoms with Crippen LogP contribution in [-0.4, -0.2) is 39.6 Å². The summed E-state index contributed by atoms with van der Waals surface area (Å²) in [4.78, 5) is 13.2. The molecule has 1 aliphatic rings. The summed E-state index contributed by atoms with van der Waals surface area (Å²) < 4.78 is 5.63. The van der Waals surface area contributed by atoms with Gasteiger partial charge in [0.15, 0.2) is 0 Å². The zero-order chi connectivity index (χ0) is 13.3. The molecule has 1 aromatic rings. The van der Waals surface area contributed by atoms with E-state index in [0.29, 0.717) is 0 Å². The fraction of sp³-hybridized carbons (Fsp3) is 0.615. The number of carbonyl (C=O) groups is 1. The smallest absolute Gasteiger partial charge is 0.371 e. The van der Waals surface area contributed by atoms with E-state index in [2.05, 4.69) is 25.7 Å². The Kier molecular flexibility index (Phi) is 3.73. The zero-order valence-electron chi connectivity index (χ0n) is 11.0. The van der Waals surface area contributed by atoms with E-state index in [9.17, 15) is 4.79 Å². The van der Waals surface area contributed by atoms with Gasteiger partial charge < -0.3 is 9.52 Å². The maximum Gasteiger partial charge on any atom is 0.371 e. The van der Waals surface area contributed by atoms with Crippen LogP contribution in [0.3, 0.4) is 0 Å². The second kappa shape index (κ2) is 4.97. The van der Waals surface area contributed by atoms with E-state index in [1.165, 1.54) is 6.07 Å². The van der Waals surface area contributed by atoms with Crippen molar-refractivity contribution < 1.29 is 14.3 Å². The molecule has 2 heterocycles. The molecule has 1 saturated heterocycles. The highest BCUT2D eigenvalue weighted by molar-refractivity contribution is 8.00. The minimum Gasteiger partial charge on any atom is -0.475 e. The summed E-state index contributed by atoms with van der Waals surface area (Å²) in [6.07, 6.45) is 0. The highest BCUT2D eigenvalue weighted by Crippen LogP contribution is 2.34. The first-order chi connectivity index (χ1) is 8.39. The molecule has 0 radical (unpaired) electrons. The topological polar surface area (TPSA) is 53.7 Å². The quantitative estimate of drug-likeness (QED) is 0.914. The van der Waals surface area contributed by atoms with E-state index in [0.717, 1.165) is 24.6 Å². The van der Waals surface area contributed by atoms with Gasteiger partial charge in [0.05, 0.1) is 6.04 Å². The molecule has 0 aliphatic carbocycles. The Morgan fingerprint density at radius 3 is 2.83 bits per heavy atom. The van der Waals surface area contributed by atoms with Gasteiger partial charge in [0.2, 0.25) is 5.76 Å². The van der Waals surface area contributed by atoms with E-state index in [-0.39, 0.29) is 16.5 Å². The van der Waals surface area contributed by atoms with Gasteiger partial charge in [-0.2, -0.15) is 11.8 Å². The SMILES string of the molecule is CC(c1ccc(C(=O)O)o1)N1CCSC(C)(C)C1. The minimum atomic E-state index is -1.01. The maximum atomic E-state index is 10.8. The number of carboxylic acid groups (broad SMARTS) is 1. The van der Waals surface area contributed by atoms with Gasteiger partial charge in [0.1, 0.15) is 5.76 Å². The number of thioether (sulfide) groups is 1. The van der Waals surface area contributed by atoms with Gasteiger partial charge in [-0.3, -0.25) is 4.90 Å². The number of rotatable bonds is 3. The molecule has 1 aromatic heterocycles. The monoisotopic (exact) mass is 269 g/mol. The van der Waals surface area contributed by atoms with Crippen LogP contribution in [0.1, 0.15) is 43.1 Å². The van der Waals surface area contributed by atoms with Gasteiger partial charge in [-0.25, -0.2) is 4.79 Å². The second-order valence-electron chi connectivity index (χ2n) is 5.26. The normalized spacial score (nSPS) is 21.7. The Bertz CT molecular complexity index is 441. The predicted octanol–water partition coefficient (Wildman–Crippen LogP) is 2.87. The average molecular weight is 269 g/mol. The lowest BCUT2D eigenvalue weighted by atomic mass is 10.1. The maximum absolute atomic E-state index is 10.8. The van der Waals surface area contributed by atoms with Crippen molar-refractivity contribution in [2.45, 2.75) is 31.6 Å². The molecule has 100 valence electrons. The third-order valence-corrected chi connectivity index (χ3v) is 4.55. The summed E-state index contributed by atoms with van der Waals surface area (Å²) in [6, 6.07) is 3.42. The molecule has 0 saturated carbocycles. The van der Waals surface area contributed by atoms with Gasteiger partial charge in [-0.1, -0.05) is 0 Å². The summed E-state index contributed by atoms with van der Waals surface area (Å²) in [6.45, 7) is 8.54. The van der Waals surface area contributed by atoms with E-state index in [1.54, 1.807) is 6.07 Å². The lowest BCUT2D eigenvalue weighted by Crippen LogP contribution is -2.44. The summed E-state index contributed by atoms with van der Waals surface area (Å²) in [5.74, 6) is 0.838. The number of furan rings is 1. The summed E-state index contributed by atoms with van der Waals surface area (Å²) in [7, 11) is 0. The molecule has 18 heavy (non-hydrogen) atoms. The zero-order valence-corrected chi connectivity index (χ0v) is 11.8. The predicted molar refractivity (Wildman–Crippen MR) is 72.2 cm³/mol. The molecular weight excluding hydrogens is 250 g/mol. The van der Waals surface area contributed by atoms with Crippen LogP contribution in [0.5, 0.6) is 0 Å². The third kappa shape index (κ3) is 2.90. The highest BCUT2D eigenvalue weighted by Gasteiger charge is 2.31. The van der Waals surface area contributed by atoms with Crippen LogP contribution >= 0.6 is 11.8 Å². The van der Waals surface area contributed by atoms with Gasteiger partial charge in [0.25, 0.3) is 0 Å². The number of hydrogen-bond acceptors (Lipinski definition) is 4. The first kappa shape index (κ1) is 13.5. The Balaban J connectivity index is 2.10. The molecular formula is C13H19NO3S. The first-order valence-corrected chi connectivity index (χ1v) is 7.09. The molecule has 0 amide bonds. The van der Waals surface area contributed by atoms with E-state index in [1.807, 2.05) is 11.8 Å². The van der Waals surface area contributed by atoms with E-state index >= 15 is 0 Å². The molecule has 5 heteroatoms. The van der Waals surface area contributed by atoms with Crippen LogP contribution in [-0.2, 0) is 0 Å². The van der Waals surface area contributed by atoms with Crippen molar-refractivity contribution >= 4 is 17.7 Å². The van der Waals surface area contributed by atoms with Crippen molar-refractivity contribution in [3.8, 4) is 0 Å². The van der Waals surface area contributed by atoms with Crippen molar-refractivity contribution in [3.05, 3.63) is 23.7 Å². The standard InChI is InChI=1S/C13H19NO3S/c1-9(10-4-5-11(17-10)12(15)16)14-6-7-18-13(2,3)8-14/h4-5,9H,6-8H2,1-3H3,(H,15,16).